The van der Waals surface area contributed by atoms with Crippen LogP contribution in [0, 0.1) is 0 Å². The third kappa shape index (κ3) is 3.64. The third-order valence-electron chi connectivity index (χ3n) is 2.35. The highest BCUT2D eigenvalue weighted by atomic mass is 32.1. The van der Waals surface area contributed by atoms with E-state index < -0.39 is 0 Å². The molecule has 1 amide bonds. The van der Waals surface area contributed by atoms with Gasteiger partial charge in [0.2, 0.25) is 0 Å². The Labute approximate surface area is 94.7 Å². The van der Waals surface area contributed by atoms with Gasteiger partial charge in [-0.05, 0) is 24.8 Å². The van der Waals surface area contributed by atoms with Gasteiger partial charge >= 0.3 is 0 Å². The number of carbonyl (C=O) groups is 1. The molecule has 0 aliphatic carbocycles. The fourth-order valence-corrected chi connectivity index (χ4v) is 1.95. The zero-order chi connectivity index (χ0) is 11.3. The molecule has 0 fully saturated rings. The molecule has 0 saturated carbocycles. The molecular weight excluding hydrogens is 210 g/mol. The highest BCUT2D eigenvalue weighted by molar-refractivity contribution is 7.09. The molecule has 0 N–H and O–H groups in total. The molecule has 4 heteroatoms. The maximum atomic E-state index is 11.6. The van der Waals surface area contributed by atoms with Crippen LogP contribution in [0.15, 0.2) is 17.5 Å². The van der Waals surface area contributed by atoms with Gasteiger partial charge in [0, 0.05) is 25.6 Å². The average Bonchev–Trinajstić information content (AvgIpc) is 2.76. The van der Waals surface area contributed by atoms with Crippen LogP contribution in [0.4, 0.5) is 0 Å². The van der Waals surface area contributed by atoms with E-state index in [9.17, 15) is 4.79 Å². The quantitative estimate of drug-likeness (QED) is 0.767. The Hall–Kier alpha value is -0.870. The summed E-state index contributed by atoms with van der Waals surface area (Å²) in [6, 6.07) is 4.11. The Bertz CT molecular complexity index is 298. The van der Waals surface area contributed by atoms with Crippen molar-refractivity contribution in [1.82, 2.24) is 4.90 Å². The van der Waals surface area contributed by atoms with Gasteiger partial charge in [-0.3, -0.25) is 4.79 Å². The van der Waals surface area contributed by atoms with Gasteiger partial charge in [0.05, 0.1) is 0 Å². The predicted octanol–water partition coefficient (Wildman–Crippen LogP) is 1.78. The summed E-state index contributed by atoms with van der Waals surface area (Å²) < 4.78 is 4.98. The monoisotopic (exact) mass is 227 g/mol. The van der Waals surface area contributed by atoms with Gasteiger partial charge in [0.15, 0.2) is 0 Å². The number of carbonyl (C=O) groups excluding carboxylic acids is 1. The van der Waals surface area contributed by atoms with E-state index in [1.165, 1.54) is 4.88 Å². The van der Waals surface area contributed by atoms with Crippen molar-refractivity contribution in [3.05, 3.63) is 22.4 Å². The summed E-state index contributed by atoms with van der Waals surface area (Å²) in [5.41, 5.74) is 0. The van der Waals surface area contributed by atoms with Crippen LogP contribution in [0.1, 0.15) is 11.8 Å². The molecule has 3 nitrogen and oxygen atoms in total. The highest BCUT2D eigenvalue weighted by Crippen LogP contribution is 2.09. The Morgan fingerprint density at radius 2 is 2.40 bits per heavy atom. The van der Waals surface area contributed by atoms with Crippen LogP contribution in [-0.4, -0.2) is 37.6 Å². The molecule has 1 aromatic rings. The largest absolute Gasteiger partial charge is 0.372 e. The Morgan fingerprint density at radius 1 is 1.67 bits per heavy atom. The number of methoxy groups -OCH3 is 1. The van der Waals surface area contributed by atoms with Crippen molar-refractivity contribution in [1.29, 1.82) is 0 Å². The number of amides is 1. The molecule has 0 spiro atoms. The highest BCUT2D eigenvalue weighted by Gasteiger charge is 2.16. The molecule has 1 rings (SSSR count). The number of likely N-dealkylation sites (N-methyl/N-ethyl adjacent to an activating group) is 1. The van der Waals surface area contributed by atoms with Gasteiger partial charge in [-0.25, -0.2) is 0 Å². The molecule has 0 aromatic carbocycles. The SMILES string of the molecule is COC(C)C(=O)N(C)CCc1cccs1. The summed E-state index contributed by atoms with van der Waals surface area (Å²) in [5, 5.41) is 2.05. The number of hydrogen-bond acceptors (Lipinski definition) is 3. The van der Waals surface area contributed by atoms with Crippen LogP contribution >= 0.6 is 11.3 Å². The number of hydrogen-bond donors (Lipinski definition) is 0. The molecular formula is C11H17NO2S. The Kier molecular flexibility index (Phi) is 4.78. The first-order chi connectivity index (χ1) is 7.15. The van der Waals surface area contributed by atoms with E-state index in [1.54, 1.807) is 30.3 Å². The van der Waals surface area contributed by atoms with Gasteiger partial charge in [0.1, 0.15) is 6.10 Å². The van der Waals surface area contributed by atoms with Crippen LogP contribution in [0.25, 0.3) is 0 Å². The molecule has 0 bridgehead atoms. The molecule has 1 aromatic heterocycles. The molecule has 0 saturated heterocycles. The van der Waals surface area contributed by atoms with Crippen molar-refractivity contribution in [2.24, 2.45) is 0 Å². The van der Waals surface area contributed by atoms with Crippen molar-refractivity contribution in [3.63, 3.8) is 0 Å². The standard InChI is InChI=1S/C11H17NO2S/c1-9(14-3)11(13)12(2)7-6-10-5-4-8-15-10/h4-5,8-9H,6-7H2,1-3H3. The first kappa shape index (κ1) is 12.2. The van der Waals surface area contributed by atoms with Crippen molar-refractivity contribution < 1.29 is 9.53 Å². The van der Waals surface area contributed by atoms with Gasteiger partial charge < -0.3 is 9.64 Å². The van der Waals surface area contributed by atoms with Crippen LogP contribution < -0.4 is 0 Å². The van der Waals surface area contributed by atoms with E-state index >= 15 is 0 Å². The van der Waals surface area contributed by atoms with Crippen molar-refractivity contribution in [2.75, 3.05) is 20.7 Å². The minimum Gasteiger partial charge on any atom is -0.372 e. The summed E-state index contributed by atoms with van der Waals surface area (Å²) >= 11 is 1.72. The number of rotatable bonds is 5. The summed E-state index contributed by atoms with van der Waals surface area (Å²) in [6.45, 7) is 2.51. The zero-order valence-electron chi connectivity index (χ0n) is 9.40. The molecule has 0 aliphatic heterocycles. The van der Waals surface area contributed by atoms with Crippen LogP contribution in [0.2, 0.25) is 0 Å². The molecule has 15 heavy (non-hydrogen) atoms. The van der Waals surface area contributed by atoms with Crippen molar-refractivity contribution >= 4 is 17.2 Å². The topological polar surface area (TPSA) is 29.5 Å². The maximum absolute atomic E-state index is 11.6. The Balaban J connectivity index is 2.35. The zero-order valence-corrected chi connectivity index (χ0v) is 10.2. The van der Waals surface area contributed by atoms with E-state index in [0.29, 0.717) is 0 Å². The van der Waals surface area contributed by atoms with Crippen molar-refractivity contribution in [2.45, 2.75) is 19.4 Å². The van der Waals surface area contributed by atoms with E-state index in [2.05, 4.69) is 11.4 Å². The predicted molar refractivity (Wildman–Crippen MR) is 62.1 cm³/mol. The lowest BCUT2D eigenvalue weighted by Gasteiger charge is -2.20. The summed E-state index contributed by atoms with van der Waals surface area (Å²) in [4.78, 5) is 14.7. The smallest absolute Gasteiger partial charge is 0.251 e. The second-order valence-corrected chi connectivity index (χ2v) is 4.50. The lowest BCUT2D eigenvalue weighted by atomic mass is 10.3. The van der Waals surface area contributed by atoms with Gasteiger partial charge in [-0.1, -0.05) is 6.07 Å². The number of thiophene rings is 1. The van der Waals surface area contributed by atoms with Crippen LogP contribution in [0.5, 0.6) is 0 Å². The minimum absolute atomic E-state index is 0.0362. The second-order valence-electron chi connectivity index (χ2n) is 3.47. The molecule has 0 aliphatic rings. The maximum Gasteiger partial charge on any atom is 0.251 e. The van der Waals surface area contributed by atoms with Gasteiger partial charge in [0.25, 0.3) is 5.91 Å². The number of nitrogens with zero attached hydrogens (tertiary/aromatic N) is 1. The summed E-state index contributed by atoms with van der Waals surface area (Å²) in [6.07, 6.45) is 0.564. The summed E-state index contributed by atoms with van der Waals surface area (Å²) in [7, 11) is 3.36. The second kappa shape index (κ2) is 5.88. The number of ether oxygens (including phenoxy) is 1. The van der Waals surface area contributed by atoms with E-state index in [4.69, 9.17) is 4.74 Å². The first-order valence-corrected chi connectivity index (χ1v) is 5.83. The molecule has 84 valence electrons. The molecule has 1 atom stereocenters. The lowest BCUT2D eigenvalue weighted by Crippen LogP contribution is -2.36. The van der Waals surface area contributed by atoms with Gasteiger partial charge in [-0.2, -0.15) is 0 Å². The van der Waals surface area contributed by atoms with Crippen molar-refractivity contribution in [3.8, 4) is 0 Å². The van der Waals surface area contributed by atoms with Crippen LogP contribution in [0.3, 0.4) is 0 Å². The van der Waals surface area contributed by atoms with Crippen LogP contribution in [-0.2, 0) is 16.0 Å². The fourth-order valence-electron chi connectivity index (χ4n) is 1.25. The summed E-state index contributed by atoms with van der Waals surface area (Å²) in [5.74, 6) is 0.0362. The fraction of sp³-hybridized carbons (Fsp3) is 0.545. The molecule has 0 radical (unpaired) electrons. The van der Waals surface area contributed by atoms with E-state index in [1.807, 2.05) is 13.1 Å². The normalized spacial score (nSPS) is 12.5. The minimum atomic E-state index is -0.349. The first-order valence-electron chi connectivity index (χ1n) is 4.95. The van der Waals surface area contributed by atoms with E-state index in [-0.39, 0.29) is 12.0 Å². The van der Waals surface area contributed by atoms with E-state index in [0.717, 1.165) is 13.0 Å². The molecule has 1 heterocycles. The molecule has 1 unspecified atom stereocenters. The van der Waals surface area contributed by atoms with Gasteiger partial charge in [-0.15, -0.1) is 11.3 Å². The third-order valence-corrected chi connectivity index (χ3v) is 3.29. The lowest BCUT2D eigenvalue weighted by molar-refractivity contribution is -0.139. The average molecular weight is 227 g/mol. The Morgan fingerprint density at radius 3 is 2.93 bits per heavy atom.